The van der Waals surface area contributed by atoms with E-state index in [-0.39, 0.29) is 5.82 Å². The topological polar surface area (TPSA) is 60.9 Å². The lowest BCUT2D eigenvalue weighted by Crippen LogP contribution is -2.46. The molecule has 0 radical (unpaired) electrons. The van der Waals surface area contributed by atoms with E-state index in [2.05, 4.69) is 30.0 Å². The van der Waals surface area contributed by atoms with Crippen molar-refractivity contribution in [1.29, 1.82) is 0 Å². The first-order chi connectivity index (χ1) is 12.3. The minimum Gasteiger partial charge on any atom is -0.338 e. The van der Waals surface area contributed by atoms with Gasteiger partial charge in [0.25, 0.3) is 0 Å². The fourth-order valence-electron chi connectivity index (χ4n) is 3.13. The second kappa shape index (κ2) is 6.98. The molecular weight excluding hydrogens is 319 g/mol. The summed E-state index contributed by atoms with van der Waals surface area (Å²) in [7, 11) is 0. The number of anilines is 1. The van der Waals surface area contributed by atoms with Crippen molar-refractivity contribution < 1.29 is 4.39 Å². The molecule has 0 spiro atoms. The van der Waals surface area contributed by atoms with Crippen molar-refractivity contribution >= 4 is 5.95 Å². The third-order valence-electron chi connectivity index (χ3n) is 4.46. The highest BCUT2D eigenvalue weighted by atomic mass is 19.1. The van der Waals surface area contributed by atoms with Crippen LogP contribution in [0.15, 0.2) is 48.9 Å². The number of aromatic amines is 1. The van der Waals surface area contributed by atoms with Gasteiger partial charge in [-0.2, -0.15) is 5.10 Å². The maximum absolute atomic E-state index is 14.1. The predicted molar refractivity (Wildman–Crippen MR) is 93.5 cm³/mol. The summed E-state index contributed by atoms with van der Waals surface area (Å²) in [5, 5.41) is 7.06. The summed E-state index contributed by atoms with van der Waals surface area (Å²) in [5.74, 6) is 0.538. The summed E-state index contributed by atoms with van der Waals surface area (Å²) >= 11 is 0. The highest BCUT2D eigenvalue weighted by molar-refractivity contribution is 5.63. The molecule has 0 bridgehead atoms. The summed E-state index contributed by atoms with van der Waals surface area (Å²) in [6.07, 6.45) is 5.32. The molecule has 1 aromatic carbocycles. The van der Waals surface area contributed by atoms with Crippen LogP contribution in [0.1, 0.15) is 5.56 Å². The number of halogens is 1. The van der Waals surface area contributed by atoms with Crippen LogP contribution in [0.3, 0.4) is 0 Å². The Balaban J connectivity index is 1.43. The zero-order valence-corrected chi connectivity index (χ0v) is 13.8. The van der Waals surface area contributed by atoms with Crippen LogP contribution >= 0.6 is 0 Å². The summed E-state index contributed by atoms with van der Waals surface area (Å²) < 4.78 is 14.1. The average molecular weight is 338 g/mol. The second-order valence-electron chi connectivity index (χ2n) is 6.06. The Morgan fingerprint density at radius 2 is 1.76 bits per heavy atom. The van der Waals surface area contributed by atoms with E-state index in [4.69, 9.17) is 0 Å². The second-order valence-corrected chi connectivity index (χ2v) is 6.06. The van der Waals surface area contributed by atoms with Gasteiger partial charge in [-0.05, 0) is 18.2 Å². The van der Waals surface area contributed by atoms with Gasteiger partial charge in [-0.3, -0.25) is 10.00 Å². The number of aromatic nitrogens is 4. The summed E-state index contributed by atoms with van der Waals surface area (Å²) in [4.78, 5) is 13.1. The molecule has 0 aliphatic carbocycles. The maximum Gasteiger partial charge on any atom is 0.225 e. The van der Waals surface area contributed by atoms with Crippen molar-refractivity contribution in [2.75, 3.05) is 31.1 Å². The first kappa shape index (κ1) is 15.7. The fraction of sp³-hybridized carbons (Fsp3) is 0.278. The smallest absolute Gasteiger partial charge is 0.225 e. The third-order valence-corrected chi connectivity index (χ3v) is 4.46. The number of benzene rings is 1. The van der Waals surface area contributed by atoms with Crippen LogP contribution in [-0.2, 0) is 6.54 Å². The largest absolute Gasteiger partial charge is 0.338 e. The zero-order chi connectivity index (χ0) is 17.1. The van der Waals surface area contributed by atoms with Crippen molar-refractivity contribution in [2.45, 2.75) is 6.54 Å². The van der Waals surface area contributed by atoms with E-state index in [1.807, 2.05) is 12.1 Å². The number of hydrogen-bond donors (Lipinski definition) is 1. The lowest BCUT2D eigenvalue weighted by molar-refractivity contribution is 0.249. The Labute approximate surface area is 145 Å². The molecule has 1 fully saturated rings. The minimum atomic E-state index is -0.237. The Hall–Kier alpha value is -2.80. The number of nitrogens with zero attached hydrogens (tertiary/aromatic N) is 5. The molecule has 3 heterocycles. The normalized spacial score (nSPS) is 15.5. The van der Waals surface area contributed by atoms with Crippen LogP contribution in [0.2, 0.25) is 0 Å². The first-order valence-corrected chi connectivity index (χ1v) is 8.33. The Morgan fingerprint density at radius 3 is 2.52 bits per heavy atom. The molecular formula is C18H19FN6. The molecule has 25 heavy (non-hydrogen) atoms. The van der Waals surface area contributed by atoms with Gasteiger partial charge in [0.05, 0.1) is 11.9 Å². The lowest BCUT2D eigenvalue weighted by atomic mass is 10.1. The summed E-state index contributed by atoms with van der Waals surface area (Å²) in [5.41, 5.74) is 2.33. The highest BCUT2D eigenvalue weighted by Gasteiger charge is 2.21. The van der Waals surface area contributed by atoms with E-state index < -0.39 is 0 Å². The summed E-state index contributed by atoms with van der Waals surface area (Å²) in [6, 6.07) is 8.60. The molecule has 0 unspecified atom stereocenters. The molecule has 0 atom stereocenters. The monoisotopic (exact) mass is 338 g/mol. The molecule has 1 saturated heterocycles. The highest BCUT2D eigenvalue weighted by Crippen LogP contribution is 2.25. The minimum absolute atomic E-state index is 0.237. The maximum atomic E-state index is 14.1. The molecule has 1 N–H and O–H groups in total. The van der Waals surface area contributed by atoms with Gasteiger partial charge < -0.3 is 4.90 Å². The van der Waals surface area contributed by atoms with Crippen molar-refractivity contribution in [3.05, 3.63) is 60.3 Å². The predicted octanol–water partition coefficient (Wildman–Crippen LogP) is 2.33. The van der Waals surface area contributed by atoms with Crippen LogP contribution < -0.4 is 4.90 Å². The Bertz CT molecular complexity index is 826. The number of H-pyrrole nitrogens is 1. The molecule has 2 aromatic heterocycles. The fourth-order valence-corrected chi connectivity index (χ4v) is 3.13. The van der Waals surface area contributed by atoms with E-state index >= 15 is 0 Å². The summed E-state index contributed by atoms with van der Waals surface area (Å²) in [6.45, 7) is 4.29. The van der Waals surface area contributed by atoms with Gasteiger partial charge in [0.2, 0.25) is 5.95 Å². The molecule has 7 heteroatoms. The SMILES string of the molecule is Fc1ccccc1-c1[nH]ncc1CN1CCN(c2ncccn2)CC1. The van der Waals surface area contributed by atoms with Gasteiger partial charge in [-0.1, -0.05) is 12.1 Å². The molecule has 4 rings (SSSR count). The number of rotatable bonds is 4. The van der Waals surface area contributed by atoms with E-state index in [1.165, 1.54) is 6.07 Å². The number of piperazine rings is 1. The zero-order valence-electron chi connectivity index (χ0n) is 13.8. The number of nitrogens with one attached hydrogen (secondary N) is 1. The lowest BCUT2D eigenvalue weighted by Gasteiger charge is -2.34. The van der Waals surface area contributed by atoms with Crippen LogP contribution in [0.25, 0.3) is 11.3 Å². The van der Waals surface area contributed by atoms with Gasteiger partial charge in [0.1, 0.15) is 5.82 Å². The van der Waals surface area contributed by atoms with Crippen LogP contribution in [0.4, 0.5) is 10.3 Å². The quantitative estimate of drug-likeness (QED) is 0.791. The van der Waals surface area contributed by atoms with Crippen LogP contribution in [-0.4, -0.2) is 51.2 Å². The Kier molecular flexibility index (Phi) is 4.39. The molecule has 0 saturated carbocycles. The van der Waals surface area contributed by atoms with Crippen molar-refractivity contribution in [3.63, 3.8) is 0 Å². The molecule has 1 aliphatic rings. The molecule has 6 nitrogen and oxygen atoms in total. The van der Waals surface area contributed by atoms with Gasteiger partial charge in [0.15, 0.2) is 0 Å². The van der Waals surface area contributed by atoms with Gasteiger partial charge in [-0.15, -0.1) is 0 Å². The van der Waals surface area contributed by atoms with E-state index in [9.17, 15) is 4.39 Å². The Morgan fingerprint density at radius 1 is 1.00 bits per heavy atom. The molecule has 1 aliphatic heterocycles. The van der Waals surface area contributed by atoms with Gasteiger partial charge >= 0.3 is 0 Å². The van der Waals surface area contributed by atoms with Crippen LogP contribution in [0, 0.1) is 5.82 Å². The van der Waals surface area contributed by atoms with Crippen molar-refractivity contribution in [1.82, 2.24) is 25.1 Å². The van der Waals surface area contributed by atoms with Gasteiger partial charge in [-0.25, -0.2) is 14.4 Å². The van der Waals surface area contributed by atoms with Crippen LogP contribution in [0.5, 0.6) is 0 Å². The molecule has 3 aromatic rings. The molecule has 128 valence electrons. The van der Waals surface area contributed by atoms with E-state index in [0.717, 1.165) is 49.9 Å². The molecule has 0 amide bonds. The first-order valence-electron chi connectivity index (χ1n) is 8.33. The average Bonchev–Trinajstić information content (AvgIpc) is 3.11. The van der Waals surface area contributed by atoms with Gasteiger partial charge in [0, 0.05) is 56.2 Å². The van der Waals surface area contributed by atoms with Crippen molar-refractivity contribution in [3.8, 4) is 11.3 Å². The standard InChI is InChI=1S/C18H19FN6/c19-16-5-2-1-4-15(16)17-14(12-22-23-17)13-24-8-10-25(11-9-24)18-20-6-3-7-21-18/h1-7,12H,8-11,13H2,(H,22,23). The van der Waals surface area contributed by atoms with Crippen molar-refractivity contribution in [2.24, 2.45) is 0 Å². The number of hydrogen-bond acceptors (Lipinski definition) is 5. The van der Waals surface area contributed by atoms with E-state index in [0.29, 0.717) is 5.56 Å². The van der Waals surface area contributed by atoms with E-state index in [1.54, 1.807) is 30.7 Å². The third kappa shape index (κ3) is 3.36.